The van der Waals surface area contributed by atoms with E-state index in [-0.39, 0.29) is 29.5 Å². The lowest BCUT2D eigenvalue weighted by Gasteiger charge is -2.27. The third kappa shape index (κ3) is 4.70. The molecule has 4 rings (SSSR count). The van der Waals surface area contributed by atoms with E-state index in [1.807, 2.05) is 6.07 Å². The average molecular weight is 480 g/mol. The highest BCUT2D eigenvalue weighted by Crippen LogP contribution is 2.43. The Morgan fingerprint density at radius 2 is 2.06 bits per heavy atom. The number of aromatic nitrogens is 4. The van der Waals surface area contributed by atoms with Crippen molar-refractivity contribution in [3.05, 3.63) is 42.2 Å². The average Bonchev–Trinajstić information content (AvgIpc) is 3.29. The van der Waals surface area contributed by atoms with Gasteiger partial charge in [0.15, 0.2) is 17.4 Å². The molecule has 14 heteroatoms. The predicted molar refractivity (Wildman–Crippen MR) is 116 cm³/mol. The molecule has 3 aromatic rings. The standard InChI is InChI=1S/C19H25N6O7P/c1-19(27)14(26)12(9-31-33(28,29)22-8-11-6-4-3-5-7-11)32-17(19)25-10-21-13-15(25)23-18(20)24-16(13)30-2/h3-7,10,12,14,17,26-27H,8-9H2,1-2H3,(H2,20,23,24)(H2,22,28,29)/t12-,14-,17-,19-/m1/s1. The first kappa shape index (κ1) is 23.5. The number of anilines is 1. The van der Waals surface area contributed by atoms with Crippen molar-refractivity contribution in [3.63, 3.8) is 0 Å². The number of fused-ring (bicyclic) bond motifs is 1. The fraction of sp³-hybridized carbons (Fsp3) is 0.421. The first-order valence-electron chi connectivity index (χ1n) is 9.98. The molecule has 33 heavy (non-hydrogen) atoms. The van der Waals surface area contributed by atoms with E-state index >= 15 is 0 Å². The van der Waals surface area contributed by atoms with E-state index in [2.05, 4.69) is 20.0 Å². The number of hydrogen-bond donors (Lipinski definition) is 5. The molecule has 1 aromatic carbocycles. The van der Waals surface area contributed by atoms with Crippen LogP contribution >= 0.6 is 7.75 Å². The van der Waals surface area contributed by atoms with E-state index in [4.69, 9.17) is 19.7 Å². The Kier molecular flexibility index (Phi) is 6.38. The van der Waals surface area contributed by atoms with Gasteiger partial charge in [-0.1, -0.05) is 30.3 Å². The van der Waals surface area contributed by atoms with Crippen molar-refractivity contribution >= 4 is 24.9 Å². The van der Waals surface area contributed by atoms with E-state index in [0.29, 0.717) is 0 Å². The van der Waals surface area contributed by atoms with Crippen molar-refractivity contribution in [2.45, 2.75) is 37.5 Å². The summed E-state index contributed by atoms with van der Waals surface area (Å²) in [5.41, 5.74) is 5.21. The third-order valence-corrected chi connectivity index (χ3v) is 6.40. The number of imidazole rings is 1. The van der Waals surface area contributed by atoms with Gasteiger partial charge in [-0.15, -0.1) is 0 Å². The van der Waals surface area contributed by atoms with Crippen LogP contribution in [0.4, 0.5) is 5.95 Å². The number of nitrogens with two attached hydrogens (primary N) is 1. The SMILES string of the molecule is COc1nc(N)nc2c1ncn2[C@@H]1O[C@H](COP(=O)(O)NCc2ccccc2)[C@@H](O)[C@@]1(C)O. The summed E-state index contributed by atoms with van der Waals surface area (Å²) in [6.07, 6.45) is -2.38. The molecular formula is C19H25N6O7P. The van der Waals surface area contributed by atoms with Crippen molar-refractivity contribution in [1.82, 2.24) is 24.6 Å². The molecule has 0 amide bonds. The molecule has 1 fully saturated rings. The summed E-state index contributed by atoms with van der Waals surface area (Å²) >= 11 is 0. The Bertz CT molecular complexity index is 1170. The molecule has 1 unspecified atom stereocenters. The number of nitrogen functional groups attached to an aromatic ring is 1. The lowest BCUT2D eigenvalue weighted by molar-refractivity contribution is -0.0948. The van der Waals surface area contributed by atoms with Crippen molar-refractivity contribution < 1.29 is 33.7 Å². The number of benzene rings is 1. The Morgan fingerprint density at radius 1 is 1.33 bits per heavy atom. The van der Waals surface area contributed by atoms with E-state index in [0.717, 1.165) is 5.56 Å². The summed E-state index contributed by atoms with van der Waals surface area (Å²) in [5.74, 6) is 0.0601. The van der Waals surface area contributed by atoms with Gasteiger partial charge in [0, 0.05) is 6.54 Å². The molecule has 3 heterocycles. The number of nitrogens with zero attached hydrogens (tertiary/aromatic N) is 4. The fourth-order valence-corrected chi connectivity index (χ4v) is 4.43. The van der Waals surface area contributed by atoms with Crippen molar-refractivity contribution in [2.75, 3.05) is 19.5 Å². The van der Waals surface area contributed by atoms with Crippen LogP contribution in [0.15, 0.2) is 36.7 Å². The first-order chi connectivity index (χ1) is 15.6. The number of methoxy groups -OCH3 is 1. The van der Waals surface area contributed by atoms with E-state index < -0.39 is 38.4 Å². The van der Waals surface area contributed by atoms with Crippen LogP contribution in [0.25, 0.3) is 11.2 Å². The van der Waals surface area contributed by atoms with Gasteiger partial charge in [0.2, 0.25) is 11.8 Å². The number of aliphatic hydroxyl groups excluding tert-OH is 1. The zero-order valence-corrected chi connectivity index (χ0v) is 18.8. The number of hydrogen-bond acceptors (Lipinski definition) is 10. The number of ether oxygens (including phenoxy) is 2. The lowest BCUT2D eigenvalue weighted by atomic mass is 9.96. The van der Waals surface area contributed by atoms with Crippen LogP contribution in [0.5, 0.6) is 5.88 Å². The second-order valence-corrected chi connectivity index (χ2v) is 9.36. The normalized spacial score (nSPS) is 27.0. The second kappa shape index (κ2) is 8.95. The maximum atomic E-state index is 12.4. The molecule has 1 aliphatic rings. The van der Waals surface area contributed by atoms with Gasteiger partial charge in [0.1, 0.15) is 17.8 Å². The third-order valence-electron chi connectivity index (χ3n) is 5.35. The lowest BCUT2D eigenvalue weighted by Crippen LogP contribution is -2.44. The Labute approximate surface area is 188 Å². The highest BCUT2D eigenvalue weighted by molar-refractivity contribution is 7.50. The summed E-state index contributed by atoms with van der Waals surface area (Å²) in [4.78, 5) is 22.4. The quantitative estimate of drug-likeness (QED) is 0.279. The molecular weight excluding hydrogens is 455 g/mol. The molecule has 0 spiro atoms. The number of nitrogens with one attached hydrogen (secondary N) is 1. The first-order valence-corrected chi connectivity index (χ1v) is 11.6. The zero-order valence-electron chi connectivity index (χ0n) is 17.9. The smallest absolute Gasteiger partial charge is 0.403 e. The minimum Gasteiger partial charge on any atom is -0.479 e. The van der Waals surface area contributed by atoms with Crippen LogP contribution in [0.2, 0.25) is 0 Å². The van der Waals surface area contributed by atoms with Crippen LogP contribution in [-0.2, 0) is 20.4 Å². The Morgan fingerprint density at radius 3 is 2.76 bits per heavy atom. The summed E-state index contributed by atoms with van der Waals surface area (Å²) in [6, 6.07) is 9.02. The van der Waals surface area contributed by atoms with Crippen molar-refractivity contribution in [3.8, 4) is 5.88 Å². The van der Waals surface area contributed by atoms with Gasteiger partial charge in [-0.05, 0) is 12.5 Å². The van der Waals surface area contributed by atoms with Gasteiger partial charge < -0.3 is 30.3 Å². The zero-order chi connectivity index (χ0) is 23.8. The van der Waals surface area contributed by atoms with Crippen LogP contribution in [0.3, 0.4) is 0 Å². The fourth-order valence-electron chi connectivity index (χ4n) is 3.61. The minimum atomic E-state index is -4.21. The molecule has 2 aromatic heterocycles. The van der Waals surface area contributed by atoms with Crippen LogP contribution in [-0.4, -0.2) is 66.2 Å². The summed E-state index contributed by atoms with van der Waals surface area (Å²) < 4.78 is 29.8. The monoisotopic (exact) mass is 480 g/mol. The molecule has 0 saturated carbocycles. The predicted octanol–water partition coefficient (Wildman–Crippen LogP) is 0.333. The summed E-state index contributed by atoms with van der Waals surface area (Å²) in [5, 5.41) is 24.1. The topological polar surface area (TPSA) is 187 Å². The van der Waals surface area contributed by atoms with Gasteiger partial charge in [-0.2, -0.15) is 9.97 Å². The Balaban J connectivity index is 1.48. The van der Waals surface area contributed by atoms with Crippen LogP contribution in [0.1, 0.15) is 18.7 Å². The van der Waals surface area contributed by atoms with Crippen molar-refractivity contribution in [2.24, 2.45) is 0 Å². The summed E-state index contributed by atoms with van der Waals surface area (Å²) in [7, 11) is -2.81. The van der Waals surface area contributed by atoms with E-state index in [9.17, 15) is 19.7 Å². The van der Waals surface area contributed by atoms with Crippen LogP contribution in [0, 0.1) is 0 Å². The van der Waals surface area contributed by atoms with Crippen molar-refractivity contribution in [1.29, 1.82) is 0 Å². The van der Waals surface area contributed by atoms with Crippen LogP contribution < -0.4 is 15.6 Å². The second-order valence-electron chi connectivity index (χ2n) is 7.75. The molecule has 178 valence electrons. The molecule has 13 nitrogen and oxygen atoms in total. The molecule has 6 N–H and O–H groups in total. The van der Waals surface area contributed by atoms with Gasteiger partial charge in [0.25, 0.3) is 0 Å². The van der Waals surface area contributed by atoms with Gasteiger partial charge >= 0.3 is 7.75 Å². The van der Waals surface area contributed by atoms with Gasteiger partial charge in [-0.3, -0.25) is 9.09 Å². The molecule has 0 bridgehead atoms. The highest BCUT2D eigenvalue weighted by atomic mass is 31.2. The van der Waals surface area contributed by atoms with Gasteiger partial charge in [-0.25, -0.2) is 14.6 Å². The molecule has 0 radical (unpaired) electrons. The highest BCUT2D eigenvalue weighted by Gasteiger charge is 2.54. The van der Waals surface area contributed by atoms with E-state index in [1.165, 1.54) is 24.9 Å². The molecule has 5 atom stereocenters. The largest absolute Gasteiger partial charge is 0.479 e. The minimum absolute atomic E-state index is 0.0788. The maximum Gasteiger partial charge on any atom is 0.403 e. The van der Waals surface area contributed by atoms with E-state index in [1.54, 1.807) is 24.3 Å². The summed E-state index contributed by atoms with van der Waals surface area (Å²) in [6.45, 7) is 1.01. The van der Waals surface area contributed by atoms with Gasteiger partial charge in [0.05, 0.1) is 20.0 Å². The Hall–Kier alpha value is -2.64. The molecule has 1 saturated heterocycles. The maximum absolute atomic E-state index is 12.4. The number of aliphatic hydroxyl groups is 2. The molecule has 0 aliphatic carbocycles. The molecule has 1 aliphatic heterocycles. The number of rotatable bonds is 8.